The topological polar surface area (TPSA) is 135 Å². The third-order valence-electron chi connectivity index (χ3n) is 3.90. The quantitative estimate of drug-likeness (QED) is 0.515. The Morgan fingerprint density at radius 1 is 1.32 bits per heavy atom. The zero-order valence-corrected chi connectivity index (χ0v) is 13.8. The summed E-state index contributed by atoms with van der Waals surface area (Å²) in [7, 11) is 1.17. The maximum atomic E-state index is 12.3. The largest absolute Gasteiger partial charge is 0.481 e. The van der Waals surface area contributed by atoms with Gasteiger partial charge in [-0.3, -0.25) is 9.59 Å². The number of aromatic amines is 1. The van der Waals surface area contributed by atoms with Crippen LogP contribution in [0.25, 0.3) is 10.9 Å². The molecular weight excluding hydrogens is 326 g/mol. The van der Waals surface area contributed by atoms with Crippen LogP contribution in [0, 0.1) is 0 Å². The van der Waals surface area contributed by atoms with E-state index in [1.807, 2.05) is 24.3 Å². The number of hydrogen-bond acceptors (Lipinski definition) is 5. The fourth-order valence-electron chi connectivity index (χ4n) is 2.57. The van der Waals surface area contributed by atoms with Gasteiger partial charge in [0, 0.05) is 23.5 Å². The van der Waals surface area contributed by atoms with Crippen molar-refractivity contribution in [1.82, 2.24) is 10.3 Å². The van der Waals surface area contributed by atoms with Gasteiger partial charge in [0.15, 0.2) is 0 Å². The number of nitrogens with one attached hydrogen (secondary N) is 2. The van der Waals surface area contributed by atoms with E-state index in [0.717, 1.165) is 16.5 Å². The predicted octanol–water partition coefficient (Wildman–Crippen LogP) is 0.560. The lowest BCUT2D eigenvalue weighted by Crippen LogP contribution is -2.49. The molecule has 2 atom stereocenters. The van der Waals surface area contributed by atoms with Crippen molar-refractivity contribution in [2.75, 3.05) is 7.11 Å². The Bertz CT molecular complexity index is 770. The lowest BCUT2D eigenvalue weighted by atomic mass is 10.0. The number of methoxy groups -OCH3 is 1. The van der Waals surface area contributed by atoms with Crippen molar-refractivity contribution >= 4 is 28.7 Å². The number of benzene rings is 1. The molecule has 8 heteroatoms. The Labute approximate surface area is 144 Å². The van der Waals surface area contributed by atoms with E-state index in [1.165, 1.54) is 7.11 Å². The Kier molecular flexibility index (Phi) is 6.13. The summed E-state index contributed by atoms with van der Waals surface area (Å²) in [5, 5.41) is 12.2. The molecule has 0 fully saturated rings. The second-order valence-corrected chi connectivity index (χ2v) is 5.69. The molecule has 0 bridgehead atoms. The molecule has 5 N–H and O–H groups in total. The van der Waals surface area contributed by atoms with E-state index in [9.17, 15) is 14.4 Å². The Hall–Kier alpha value is -2.87. The number of carbonyl (C=O) groups excluding carboxylic acids is 2. The zero-order chi connectivity index (χ0) is 18.4. The van der Waals surface area contributed by atoms with E-state index in [-0.39, 0.29) is 19.3 Å². The molecule has 0 saturated heterocycles. The fourth-order valence-corrected chi connectivity index (χ4v) is 2.57. The lowest BCUT2D eigenvalue weighted by molar-refractivity contribution is -0.146. The highest BCUT2D eigenvalue weighted by Gasteiger charge is 2.25. The number of para-hydroxylation sites is 1. The molecule has 1 amide bonds. The first-order valence-corrected chi connectivity index (χ1v) is 7.83. The van der Waals surface area contributed by atoms with Gasteiger partial charge in [-0.15, -0.1) is 0 Å². The number of carbonyl (C=O) groups is 3. The predicted molar refractivity (Wildman–Crippen MR) is 90.8 cm³/mol. The summed E-state index contributed by atoms with van der Waals surface area (Å²) in [5.74, 6) is -2.30. The molecule has 0 unspecified atom stereocenters. The number of nitrogens with two attached hydrogens (primary N) is 1. The van der Waals surface area contributed by atoms with Crippen LogP contribution in [0.5, 0.6) is 0 Å². The number of carboxylic acid groups (broad SMARTS) is 1. The van der Waals surface area contributed by atoms with E-state index in [1.54, 1.807) is 6.20 Å². The van der Waals surface area contributed by atoms with Gasteiger partial charge in [-0.25, -0.2) is 4.79 Å². The standard InChI is InChI=1S/C17H21N3O5/c1-25-17(24)14(6-7-15(21)22)20-16(23)12(18)8-10-9-19-13-5-3-2-4-11(10)13/h2-5,9,12,14,19H,6-8,18H2,1H3,(H,20,23)(H,21,22)/t12-,14-/m0/s1. The first-order valence-electron chi connectivity index (χ1n) is 7.83. The molecular formula is C17H21N3O5. The zero-order valence-electron chi connectivity index (χ0n) is 13.8. The summed E-state index contributed by atoms with van der Waals surface area (Å²) in [4.78, 5) is 37.8. The van der Waals surface area contributed by atoms with Gasteiger partial charge in [-0.05, 0) is 24.5 Å². The summed E-state index contributed by atoms with van der Waals surface area (Å²) in [5.41, 5.74) is 7.78. The van der Waals surface area contributed by atoms with E-state index >= 15 is 0 Å². The van der Waals surface area contributed by atoms with Crippen molar-refractivity contribution in [2.24, 2.45) is 5.73 Å². The molecule has 0 aliphatic heterocycles. The van der Waals surface area contributed by atoms with Gasteiger partial charge >= 0.3 is 11.9 Å². The minimum absolute atomic E-state index is 0.0620. The van der Waals surface area contributed by atoms with Gasteiger partial charge in [0.25, 0.3) is 0 Å². The molecule has 0 aliphatic rings. The number of aliphatic carboxylic acids is 1. The van der Waals surface area contributed by atoms with Gasteiger partial charge < -0.3 is 25.9 Å². The Morgan fingerprint density at radius 3 is 2.72 bits per heavy atom. The van der Waals surface area contributed by atoms with Crippen LogP contribution in [0.2, 0.25) is 0 Å². The average molecular weight is 347 g/mol. The molecule has 8 nitrogen and oxygen atoms in total. The third-order valence-corrected chi connectivity index (χ3v) is 3.90. The number of rotatable bonds is 8. The minimum Gasteiger partial charge on any atom is -0.481 e. The molecule has 1 aromatic heterocycles. The monoisotopic (exact) mass is 347 g/mol. The van der Waals surface area contributed by atoms with Gasteiger partial charge in [0.05, 0.1) is 13.2 Å². The van der Waals surface area contributed by atoms with Crippen LogP contribution in [0.3, 0.4) is 0 Å². The summed E-state index contributed by atoms with van der Waals surface area (Å²) in [6, 6.07) is 5.72. The number of amides is 1. The first kappa shape index (κ1) is 18.5. The maximum absolute atomic E-state index is 12.3. The van der Waals surface area contributed by atoms with Gasteiger partial charge in [0.2, 0.25) is 5.91 Å². The number of carboxylic acids is 1. The van der Waals surface area contributed by atoms with Crippen molar-refractivity contribution in [2.45, 2.75) is 31.3 Å². The highest BCUT2D eigenvalue weighted by molar-refractivity contribution is 5.89. The number of hydrogen-bond donors (Lipinski definition) is 4. The van der Waals surface area contributed by atoms with Crippen molar-refractivity contribution < 1.29 is 24.2 Å². The Balaban J connectivity index is 2.02. The fraction of sp³-hybridized carbons (Fsp3) is 0.353. The summed E-state index contributed by atoms with van der Waals surface area (Å²) in [6.07, 6.45) is 1.74. The normalized spacial score (nSPS) is 13.2. The molecule has 2 aromatic rings. The number of aromatic nitrogens is 1. The second kappa shape index (κ2) is 8.29. The summed E-state index contributed by atoms with van der Waals surface area (Å²) in [6.45, 7) is 0. The SMILES string of the molecule is COC(=O)[C@H](CCC(=O)O)NC(=O)[C@@H](N)Cc1c[nH]c2ccccc12. The van der Waals surface area contributed by atoms with Crippen LogP contribution in [-0.4, -0.2) is 47.1 Å². The molecule has 0 spiro atoms. The summed E-state index contributed by atoms with van der Waals surface area (Å²) >= 11 is 0. The molecule has 1 aromatic carbocycles. The van der Waals surface area contributed by atoms with Crippen molar-refractivity contribution in [1.29, 1.82) is 0 Å². The van der Waals surface area contributed by atoms with Crippen LogP contribution >= 0.6 is 0 Å². The first-order chi connectivity index (χ1) is 11.9. The summed E-state index contributed by atoms with van der Waals surface area (Å²) < 4.78 is 4.60. The van der Waals surface area contributed by atoms with Crippen molar-refractivity contribution in [3.8, 4) is 0 Å². The van der Waals surface area contributed by atoms with E-state index in [4.69, 9.17) is 10.8 Å². The molecule has 1 heterocycles. The van der Waals surface area contributed by atoms with Gasteiger partial charge in [-0.2, -0.15) is 0 Å². The average Bonchev–Trinajstić information content (AvgIpc) is 3.00. The Morgan fingerprint density at radius 2 is 2.04 bits per heavy atom. The van der Waals surface area contributed by atoms with E-state index in [2.05, 4.69) is 15.0 Å². The third kappa shape index (κ3) is 4.80. The highest BCUT2D eigenvalue weighted by Crippen LogP contribution is 2.18. The van der Waals surface area contributed by atoms with Crippen molar-refractivity contribution in [3.63, 3.8) is 0 Å². The van der Waals surface area contributed by atoms with E-state index in [0.29, 0.717) is 0 Å². The number of fused-ring (bicyclic) bond motifs is 1. The lowest BCUT2D eigenvalue weighted by Gasteiger charge is -2.18. The molecule has 0 aliphatic carbocycles. The molecule has 2 rings (SSSR count). The van der Waals surface area contributed by atoms with Gasteiger partial charge in [0.1, 0.15) is 6.04 Å². The second-order valence-electron chi connectivity index (χ2n) is 5.69. The maximum Gasteiger partial charge on any atom is 0.328 e. The number of esters is 1. The van der Waals surface area contributed by atoms with Gasteiger partial charge in [-0.1, -0.05) is 18.2 Å². The molecule has 134 valence electrons. The minimum atomic E-state index is -1.06. The smallest absolute Gasteiger partial charge is 0.328 e. The van der Waals surface area contributed by atoms with Crippen LogP contribution in [-0.2, 0) is 25.5 Å². The van der Waals surface area contributed by atoms with Crippen LogP contribution in [0.15, 0.2) is 30.5 Å². The van der Waals surface area contributed by atoms with Crippen molar-refractivity contribution in [3.05, 3.63) is 36.0 Å². The highest BCUT2D eigenvalue weighted by atomic mass is 16.5. The van der Waals surface area contributed by atoms with E-state index < -0.39 is 29.9 Å². The van der Waals surface area contributed by atoms with Crippen LogP contribution < -0.4 is 11.1 Å². The molecule has 0 radical (unpaired) electrons. The number of H-pyrrole nitrogens is 1. The number of ether oxygens (including phenoxy) is 1. The van der Waals surface area contributed by atoms with Crippen LogP contribution in [0.1, 0.15) is 18.4 Å². The molecule has 25 heavy (non-hydrogen) atoms. The molecule has 0 saturated carbocycles. The van der Waals surface area contributed by atoms with Crippen LogP contribution in [0.4, 0.5) is 0 Å².